The van der Waals surface area contributed by atoms with Crippen molar-refractivity contribution in [1.29, 1.82) is 0 Å². The van der Waals surface area contributed by atoms with Crippen LogP contribution in [0.5, 0.6) is 0 Å². The second-order valence-electron chi connectivity index (χ2n) is 6.90. The zero-order valence-corrected chi connectivity index (χ0v) is 15.6. The SMILES string of the molecule is CC(C)c1cc2nn(C)cc2cc1-c1nc(Br)c(C2CC2)n1C. The van der Waals surface area contributed by atoms with Crippen LogP contribution >= 0.6 is 15.9 Å². The molecule has 0 bridgehead atoms. The summed E-state index contributed by atoms with van der Waals surface area (Å²) in [5.74, 6) is 2.14. The lowest BCUT2D eigenvalue weighted by atomic mass is 9.95. The molecule has 1 aliphatic rings. The Kier molecular flexibility index (Phi) is 3.38. The molecule has 0 aliphatic heterocycles. The summed E-state index contributed by atoms with van der Waals surface area (Å²) in [5, 5.41) is 5.72. The van der Waals surface area contributed by atoms with Crippen LogP contribution in [0.1, 0.15) is 49.8 Å². The zero-order chi connectivity index (χ0) is 16.3. The van der Waals surface area contributed by atoms with Crippen LogP contribution < -0.4 is 0 Å². The summed E-state index contributed by atoms with van der Waals surface area (Å²) in [7, 11) is 4.11. The van der Waals surface area contributed by atoms with Crippen molar-refractivity contribution in [1.82, 2.24) is 19.3 Å². The Hall–Kier alpha value is -1.62. The summed E-state index contributed by atoms with van der Waals surface area (Å²) in [6.07, 6.45) is 4.62. The van der Waals surface area contributed by atoms with Crippen molar-refractivity contribution in [3.8, 4) is 11.4 Å². The maximum atomic E-state index is 4.85. The van der Waals surface area contributed by atoms with Crippen molar-refractivity contribution in [2.24, 2.45) is 14.1 Å². The summed E-state index contributed by atoms with van der Waals surface area (Å²) < 4.78 is 5.15. The molecule has 120 valence electrons. The molecule has 4 nitrogen and oxygen atoms in total. The lowest BCUT2D eigenvalue weighted by Gasteiger charge is -2.13. The van der Waals surface area contributed by atoms with Crippen molar-refractivity contribution < 1.29 is 0 Å². The van der Waals surface area contributed by atoms with E-state index in [1.165, 1.54) is 35.0 Å². The predicted octanol–water partition coefficient (Wildman–Crippen LogP) is 4.74. The minimum absolute atomic E-state index is 0.427. The monoisotopic (exact) mass is 372 g/mol. The van der Waals surface area contributed by atoms with Gasteiger partial charge in [-0.05, 0) is 52.4 Å². The van der Waals surface area contributed by atoms with E-state index < -0.39 is 0 Å². The van der Waals surface area contributed by atoms with E-state index in [2.05, 4.69) is 64.8 Å². The van der Waals surface area contributed by atoms with E-state index in [-0.39, 0.29) is 0 Å². The quantitative estimate of drug-likeness (QED) is 0.665. The Labute approximate surface area is 144 Å². The van der Waals surface area contributed by atoms with E-state index in [1.54, 1.807) is 0 Å². The highest BCUT2D eigenvalue weighted by Gasteiger charge is 2.31. The van der Waals surface area contributed by atoms with Gasteiger partial charge in [-0.25, -0.2) is 4.98 Å². The van der Waals surface area contributed by atoms with Crippen LogP contribution in [0.25, 0.3) is 22.3 Å². The predicted molar refractivity (Wildman–Crippen MR) is 96.7 cm³/mol. The molecule has 1 aromatic carbocycles. The molecule has 2 aromatic heterocycles. The first-order chi connectivity index (χ1) is 11.0. The van der Waals surface area contributed by atoms with Crippen LogP contribution in [0, 0.1) is 0 Å². The summed E-state index contributed by atoms with van der Waals surface area (Å²) in [4.78, 5) is 4.85. The van der Waals surface area contributed by atoms with E-state index in [0.717, 1.165) is 15.9 Å². The molecule has 0 atom stereocenters. The van der Waals surface area contributed by atoms with Crippen LogP contribution in [-0.4, -0.2) is 19.3 Å². The third-order valence-electron chi connectivity index (χ3n) is 4.71. The Morgan fingerprint density at radius 1 is 1.22 bits per heavy atom. The van der Waals surface area contributed by atoms with Gasteiger partial charge in [-0.2, -0.15) is 5.10 Å². The molecule has 1 aliphatic carbocycles. The van der Waals surface area contributed by atoms with Crippen molar-refractivity contribution in [3.63, 3.8) is 0 Å². The van der Waals surface area contributed by atoms with E-state index in [0.29, 0.717) is 11.8 Å². The lowest BCUT2D eigenvalue weighted by molar-refractivity contribution is 0.779. The third-order valence-corrected chi connectivity index (χ3v) is 5.30. The van der Waals surface area contributed by atoms with Gasteiger partial charge in [0.1, 0.15) is 10.4 Å². The number of imidazole rings is 1. The highest BCUT2D eigenvalue weighted by Crippen LogP contribution is 2.45. The van der Waals surface area contributed by atoms with Gasteiger partial charge in [-0.15, -0.1) is 0 Å². The number of benzene rings is 1. The van der Waals surface area contributed by atoms with E-state index in [9.17, 15) is 0 Å². The molecule has 0 N–H and O–H groups in total. The van der Waals surface area contributed by atoms with Gasteiger partial charge in [0, 0.05) is 37.2 Å². The number of aryl methyl sites for hydroxylation is 1. The first-order valence-corrected chi connectivity index (χ1v) is 8.94. The van der Waals surface area contributed by atoms with Crippen LogP contribution in [0.2, 0.25) is 0 Å². The van der Waals surface area contributed by atoms with Gasteiger partial charge in [0.25, 0.3) is 0 Å². The number of hydrogen-bond donors (Lipinski definition) is 0. The maximum absolute atomic E-state index is 4.85. The lowest BCUT2D eigenvalue weighted by Crippen LogP contribution is -2.01. The molecule has 2 heterocycles. The molecular weight excluding hydrogens is 352 g/mol. The Morgan fingerprint density at radius 2 is 1.96 bits per heavy atom. The molecule has 0 radical (unpaired) electrons. The molecule has 23 heavy (non-hydrogen) atoms. The van der Waals surface area contributed by atoms with Crippen LogP contribution in [0.4, 0.5) is 0 Å². The normalized spacial score (nSPS) is 15.0. The molecule has 1 saturated carbocycles. The minimum Gasteiger partial charge on any atom is -0.330 e. The average Bonchev–Trinajstić information content (AvgIpc) is 3.17. The summed E-state index contributed by atoms with van der Waals surface area (Å²) in [6.45, 7) is 4.46. The molecule has 4 rings (SSSR count). The van der Waals surface area contributed by atoms with Gasteiger partial charge in [-0.3, -0.25) is 4.68 Å². The second-order valence-corrected chi connectivity index (χ2v) is 7.65. The minimum atomic E-state index is 0.427. The van der Waals surface area contributed by atoms with Gasteiger partial charge in [0.15, 0.2) is 0 Å². The fourth-order valence-corrected chi connectivity index (χ4v) is 4.16. The van der Waals surface area contributed by atoms with Crippen molar-refractivity contribution >= 4 is 26.8 Å². The van der Waals surface area contributed by atoms with Gasteiger partial charge >= 0.3 is 0 Å². The topological polar surface area (TPSA) is 35.6 Å². The molecule has 0 unspecified atom stereocenters. The summed E-state index contributed by atoms with van der Waals surface area (Å²) >= 11 is 3.67. The third kappa shape index (κ3) is 2.42. The van der Waals surface area contributed by atoms with Gasteiger partial charge in [-0.1, -0.05) is 13.8 Å². The summed E-state index contributed by atoms with van der Waals surface area (Å²) in [5.41, 5.74) is 4.91. The largest absolute Gasteiger partial charge is 0.330 e. The second kappa shape index (κ2) is 5.20. The maximum Gasteiger partial charge on any atom is 0.141 e. The smallest absolute Gasteiger partial charge is 0.141 e. The molecular formula is C18H21BrN4. The number of fused-ring (bicyclic) bond motifs is 1. The number of hydrogen-bond acceptors (Lipinski definition) is 2. The van der Waals surface area contributed by atoms with Crippen molar-refractivity contribution in [2.45, 2.75) is 38.5 Å². The van der Waals surface area contributed by atoms with E-state index in [1.807, 2.05) is 11.7 Å². The molecule has 1 fully saturated rings. The molecule has 0 saturated heterocycles. The van der Waals surface area contributed by atoms with Crippen molar-refractivity contribution in [3.05, 3.63) is 34.2 Å². The number of halogens is 1. The zero-order valence-electron chi connectivity index (χ0n) is 14.0. The van der Waals surface area contributed by atoms with E-state index in [4.69, 9.17) is 4.98 Å². The fraction of sp³-hybridized carbons (Fsp3) is 0.444. The molecule has 0 amide bonds. The van der Waals surface area contributed by atoms with Crippen LogP contribution in [-0.2, 0) is 14.1 Å². The van der Waals surface area contributed by atoms with Crippen molar-refractivity contribution in [2.75, 3.05) is 0 Å². The Bertz CT molecular complexity index is 900. The fourth-order valence-electron chi connectivity index (χ4n) is 3.40. The summed E-state index contributed by atoms with van der Waals surface area (Å²) in [6, 6.07) is 4.46. The van der Waals surface area contributed by atoms with Crippen LogP contribution in [0.15, 0.2) is 22.9 Å². The van der Waals surface area contributed by atoms with Gasteiger partial charge in [0.05, 0.1) is 11.2 Å². The first-order valence-electron chi connectivity index (χ1n) is 8.15. The highest BCUT2D eigenvalue weighted by atomic mass is 79.9. The first kappa shape index (κ1) is 14.9. The van der Waals surface area contributed by atoms with E-state index >= 15 is 0 Å². The molecule has 0 spiro atoms. The highest BCUT2D eigenvalue weighted by molar-refractivity contribution is 9.10. The molecule has 5 heteroatoms. The Balaban J connectivity index is 1.97. The Morgan fingerprint density at radius 3 is 2.61 bits per heavy atom. The molecule has 3 aromatic rings. The number of aromatic nitrogens is 4. The number of rotatable bonds is 3. The standard InChI is InChI=1S/C18H21BrN4/c1-10(2)13-8-15-12(9-22(3)21-15)7-14(13)18-20-17(19)16(23(18)4)11-5-6-11/h7-11H,5-6H2,1-4H3. The van der Waals surface area contributed by atoms with Gasteiger partial charge in [0.2, 0.25) is 0 Å². The number of nitrogens with zero attached hydrogens (tertiary/aromatic N) is 4. The van der Waals surface area contributed by atoms with Crippen LogP contribution in [0.3, 0.4) is 0 Å². The van der Waals surface area contributed by atoms with Gasteiger partial charge < -0.3 is 4.57 Å². The average molecular weight is 373 g/mol.